The molecule has 3 aliphatic heterocycles. The van der Waals surface area contributed by atoms with Gasteiger partial charge in [0, 0.05) is 43.0 Å². The van der Waals surface area contributed by atoms with E-state index in [1.54, 1.807) is 12.1 Å². The summed E-state index contributed by atoms with van der Waals surface area (Å²) in [6.07, 6.45) is -1.51. The van der Waals surface area contributed by atoms with Crippen molar-refractivity contribution in [3.05, 3.63) is 101 Å². The first kappa shape index (κ1) is 45.3. The molecule has 4 aromatic rings. The van der Waals surface area contributed by atoms with Crippen molar-refractivity contribution in [3.63, 3.8) is 0 Å². The lowest BCUT2D eigenvalue weighted by atomic mass is 10.0. The Morgan fingerprint density at radius 3 is 2.37 bits per heavy atom. The van der Waals surface area contributed by atoms with Gasteiger partial charge >= 0.3 is 12.2 Å². The predicted octanol–water partition coefficient (Wildman–Crippen LogP) is 4.72. The highest BCUT2D eigenvalue weighted by Gasteiger charge is 2.45. The van der Waals surface area contributed by atoms with E-state index in [1.807, 2.05) is 0 Å². The Balaban J connectivity index is 0.868. The highest BCUT2D eigenvalue weighted by atomic mass is 19.4. The van der Waals surface area contributed by atoms with E-state index in [0.717, 1.165) is 52.2 Å². The third kappa shape index (κ3) is 10.5. The molecule has 65 heavy (non-hydrogen) atoms. The van der Waals surface area contributed by atoms with Gasteiger partial charge in [-0.3, -0.25) is 48.8 Å². The van der Waals surface area contributed by atoms with Gasteiger partial charge in [-0.2, -0.15) is 13.2 Å². The molecule has 2 fully saturated rings. The van der Waals surface area contributed by atoms with Gasteiger partial charge in [-0.25, -0.2) is 14.2 Å². The zero-order chi connectivity index (χ0) is 46.4. The molecule has 3 aliphatic rings. The number of fused-ring (bicyclic) bond motifs is 1. The molecule has 1 unspecified atom stereocenters. The number of rotatable bonds is 14. The van der Waals surface area contributed by atoms with E-state index in [2.05, 4.69) is 48.3 Å². The van der Waals surface area contributed by atoms with E-state index in [0.29, 0.717) is 24.7 Å². The number of halogens is 4. The monoisotopic (exact) mass is 896 g/mol. The number of nitrogens with one attached hydrogen (secondary N) is 4. The minimum Gasteiger partial charge on any atom is -0.385 e. The van der Waals surface area contributed by atoms with Crippen molar-refractivity contribution in [2.24, 2.45) is 0 Å². The summed E-state index contributed by atoms with van der Waals surface area (Å²) in [5, 5.41) is 18.6. The summed E-state index contributed by atoms with van der Waals surface area (Å²) in [4.78, 5) is 96.3. The summed E-state index contributed by atoms with van der Waals surface area (Å²) >= 11 is 0. The van der Waals surface area contributed by atoms with E-state index in [4.69, 9.17) is 0 Å². The predicted molar refractivity (Wildman–Crippen MR) is 225 cm³/mol. The molecule has 0 aliphatic carbocycles. The molecule has 336 valence electrons. The number of piperidine rings is 1. The molecule has 0 spiro atoms. The average molecular weight is 897 g/mol. The summed E-state index contributed by atoms with van der Waals surface area (Å²) in [6, 6.07) is 11.0. The highest BCUT2D eigenvalue weighted by molar-refractivity contribution is 6.23. The van der Waals surface area contributed by atoms with E-state index in [9.17, 15) is 51.1 Å². The van der Waals surface area contributed by atoms with Gasteiger partial charge in [0.1, 0.15) is 29.4 Å². The van der Waals surface area contributed by atoms with Crippen LogP contribution in [0.3, 0.4) is 0 Å². The highest BCUT2D eigenvalue weighted by Crippen LogP contribution is 2.34. The van der Waals surface area contributed by atoms with Gasteiger partial charge in [0.2, 0.25) is 17.7 Å². The van der Waals surface area contributed by atoms with Gasteiger partial charge in [-0.1, -0.05) is 18.8 Å². The first-order chi connectivity index (χ1) is 31.1. The van der Waals surface area contributed by atoms with Gasteiger partial charge in [-0.15, -0.1) is 10.2 Å². The lowest BCUT2D eigenvalue weighted by Crippen LogP contribution is -2.54. The quantitative estimate of drug-likeness (QED) is 0.0588. The Kier molecular flexibility index (Phi) is 13.5. The molecule has 4 N–H and O–H groups in total. The number of benzene rings is 2. The first-order valence-electron chi connectivity index (χ1n) is 20.5. The van der Waals surface area contributed by atoms with Gasteiger partial charge in [0.05, 0.1) is 23.2 Å². The standard InChI is InChI=1S/C44H40F4N10O7/c1-25-21-26(44(46,47)48)22-36(51-25)57-34(24-50-43(57)65)42(64)56(30-13-9-27(45)10-14-30)20-6-7-28-12-17-35(55-54-28)52-37(59)8-4-2-3-5-19-49-29-11-15-31-32(23-29)41(63)58(40(31)62)33-16-18-38(60)53-39(33)61/h9-15,17,21-23,33-34,49H,2-5,8,16,18-20,24H2,1H3,(H,50,65)(H,52,55,59)(H,53,60,61)/t33?,34-/m0/s1. The molecule has 2 aromatic carbocycles. The van der Waals surface area contributed by atoms with Crippen molar-refractivity contribution in [3.8, 4) is 11.8 Å². The van der Waals surface area contributed by atoms with E-state index in [-0.39, 0.29) is 78.1 Å². The molecular weight excluding hydrogens is 857 g/mol. The number of pyridine rings is 1. The fourth-order valence-electron chi connectivity index (χ4n) is 7.46. The van der Waals surface area contributed by atoms with Crippen LogP contribution >= 0.6 is 0 Å². The van der Waals surface area contributed by atoms with Crippen LogP contribution in [-0.4, -0.2) is 93.3 Å². The van der Waals surface area contributed by atoms with Gasteiger partial charge < -0.3 is 16.0 Å². The summed E-state index contributed by atoms with van der Waals surface area (Å²) in [6.45, 7) is 1.35. The number of hydrogen-bond donors (Lipinski definition) is 4. The van der Waals surface area contributed by atoms with Crippen LogP contribution in [0.2, 0.25) is 0 Å². The number of nitrogens with zero attached hydrogens (tertiary/aromatic N) is 6. The Hall–Kier alpha value is -7.76. The van der Waals surface area contributed by atoms with Crippen molar-refractivity contribution in [2.75, 3.05) is 40.1 Å². The van der Waals surface area contributed by atoms with Crippen molar-refractivity contribution in [2.45, 2.75) is 70.1 Å². The van der Waals surface area contributed by atoms with E-state index in [1.165, 1.54) is 37.3 Å². The molecule has 21 heteroatoms. The summed E-state index contributed by atoms with van der Waals surface area (Å²) < 4.78 is 54.7. The average Bonchev–Trinajstić information content (AvgIpc) is 3.77. The van der Waals surface area contributed by atoms with Crippen molar-refractivity contribution in [1.29, 1.82) is 0 Å². The summed E-state index contributed by atoms with van der Waals surface area (Å²) in [5.41, 5.74) is 0.327. The lowest BCUT2D eigenvalue weighted by Gasteiger charge is -2.28. The van der Waals surface area contributed by atoms with E-state index >= 15 is 0 Å². The number of aromatic nitrogens is 3. The molecule has 2 aromatic heterocycles. The van der Waals surface area contributed by atoms with Crippen LogP contribution in [0.25, 0.3) is 0 Å². The van der Waals surface area contributed by atoms with Gasteiger partial charge in [0.25, 0.3) is 17.7 Å². The number of urea groups is 1. The second-order valence-electron chi connectivity index (χ2n) is 15.3. The van der Waals surface area contributed by atoms with Crippen LogP contribution < -0.4 is 31.1 Å². The molecule has 0 saturated carbocycles. The first-order valence-corrected chi connectivity index (χ1v) is 20.5. The Bertz CT molecular complexity index is 2620. The third-order valence-corrected chi connectivity index (χ3v) is 10.7. The number of hydrogen-bond acceptors (Lipinski definition) is 11. The minimum atomic E-state index is -4.73. The number of carbonyl (C=O) groups excluding carboxylic acids is 7. The smallest absolute Gasteiger partial charge is 0.385 e. The SMILES string of the molecule is Cc1cc(C(F)(F)F)cc(N2C(=O)NC[C@H]2C(=O)N(CC#Cc2ccc(NC(=O)CCCCCCNc3ccc4c(c3)C(=O)N(C3CCC(=O)NC3=O)C4=O)nn2)c2ccc(F)cc2)n1. The number of unbranched alkanes of at least 4 members (excludes halogenated alkanes) is 3. The third-order valence-electron chi connectivity index (χ3n) is 10.7. The molecule has 2 saturated heterocycles. The van der Waals surface area contributed by atoms with Crippen molar-refractivity contribution < 1.29 is 51.1 Å². The van der Waals surface area contributed by atoms with Crippen LogP contribution in [0, 0.1) is 24.6 Å². The Morgan fingerprint density at radius 2 is 1.65 bits per heavy atom. The van der Waals surface area contributed by atoms with Crippen LogP contribution in [0.1, 0.15) is 82.6 Å². The number of anilines is 4. The van der Waals surface area contributed by atoms with Crippen LogP contribution in [-0.2, 0) is 25.4 Å². The summed E-state index contributed by atoms with van der Waals surface area (Å²) in [7, 11) is 0. The molecule has 0 bridgehead atoms. The van der Waals surface area contributed by atoms with Crippen LogP contribution in [0.5, 0.6) is 0 Å². The zero-order valence-electron chi connectivity index (χ0n) is 34.6. The Labute approximate surface area is 368 Å². The van der Waals surface area contributed by atoms with Crippen molar-refractivity contribution in [1.82, 2.24) is 30.7 Å². The fourth-order valence-corrected chi connectivity index (χ4v) is 7.46. The number of aryl methyl sites for hydroxylation is 1. The molecule has 5 heterocycles. The summed E-state index contributed by atoms with van der Waals surface area (Å²) in [5.74, 6) is 1.51. The number of imide groups is 2. The lowest BCUT2D eigenvalue weighted by molar-refractivity contribution is -0.138. The maximum Gasteiger partial charge on any atom is 0.416 e. The van der Waals surface area contributed by atoms with Crippen LogP contribution in [0.4, 0.5) is 45.4 Å². The molecule has 2 atom stereocenters. The second kappa shape index (κ2) is 19.3. The molecular formula is C44H40F4N10O7. The number of alkyl halides is 3. The maximum atomic E-state index is 14.0. The molecule has 17 nitrogen and oxygen atoms in total. The number of carbonyl (C=O) groups is 7. The Morgan fingerprint density at radius 1 is 0.892 bits per heavy atom. The van der Waals surface area contributed by atoms with Gasteiger partial charge in [0.15, 0.2) is 5.82 Å². The normalized spacial score (nSPS) is 17.0. The topological polar surface area (TPSA) is 216 Å². The molecule has 7 rings (SSSR count). The largest absolute Gasteiger partial charge is 0.416 e. The maximum absolute atomic E-state index is 14.0. The van der Waals surface area contributed by atoms with Crippen molar-refractivity contribution >= 4 is 64.5 Å². The number of amides is 8. The second-order valence-corrected chi connectivity index (χ2v) is 15.3. The zero-order valence-corrected chi connectivity index (χ0v) is 34.6. The van der Waals surface area contributed by atoms with Crippen LogP contribution in [0.15, 0.2) is 66.7 Å². The fraction of sp³-hybridized carbons (Fsp3) is 0.318. The molecule has 8 amide bonds. The minimum absolute atomic E-state index is 0.0210. The molecule has 0 radical (unpaired) electrons. The van der Waals surface area contributed by atoms with Gasteiger partial charge in [-0.05, 0) is 98.8 Å². The van der Waals surface area contributed by atoms with E-state index < -0.39 is 65.2 Å².